The molecule has 0 bridgehead atoms. The number of alkyl halides is 3. The summed E-state index contributed by atoms with van der Waals surface area (Å²) in [5, 5.41) is 8.80. The van der Waals surface area contributed by atoms with Crippen molar-refractivity contribution in [1.29, 1.82) is 0 Å². The number of aromatic carboxylic acids is 1. The van der Waals surface area contributed by atoms with Crippen LogP contribution in [0, 0.1) is 0 Å². The average molecular weight is 248 g/mol. The Morgan fingerprint density at radius 3 is 2.53 bits per heavy atom. The average Bonchev–Trinajstić information content (AvgIpc) is 2.24. The fraction of sp³-hybridized carbons (Fsp3) is 0.364. The molecule has 1 aromatic carbocycles. The first-order valence-corrected chi connectivity index (χ1v) is 4.93. The number of rotatable bonds is 4. The van der Waals surface area contributed by atoms with Gasteiger partial charge < -0.3 is 9.84 Å². The second-order valence-corrected chi connectivity index (χ2v) is 3.36. The Balaban J connectivity index is 3.14. The van der Waals surface area contributed by atoms with E-state index in [2.05, 4.69) is 0 Å². The van der Waals surface area contributed by atoms with Crippen molar-refractivity contribution in [2.75, 3.05) is 6.61 Å². The number of carbonyl (C=O) groups is 1. The molecule has 0 aliphatic carbocycles. The van der Waals surface area contributed by atoms with Gasteiger partial charge in [0.05, 0.1) is 12.2 Å². The van der Waals surface area contributed by atoms with E-state index in [1.165, 1.54) is 0 Å². The van der Waals surface area contributed by atoms with E-state index in [0.29, 0.717) is 12.5 Å². The summed E-state index contributed by atoms with van der Waals surface area (Å²) in [4.78, 5) is 10.8. The van der Waals surface area contributed by atoms with Crippen LogP contribution in [-0.2, 0) is 6.18 Å². The van der Waals surface area contributed by atoms with Crippen molar-refractivity contribution in [3.63, 3.8) is 0 Å². The van der Waals surface area contributed by atoms with Gasteiger partial charge in [0, 0.05) is 0 Å². The maximum absolute atomic E-state index is 12.4. The van der Waals surface area contributed by atoms with Crippen LogP contribution in [-0.4, -0.2) is 17.7 Å². The Morgan fingerprint density at radius 1 is 1.41 bits per heavy atom. The van der Waals surface area contributed by atoms with Crippen molar-refractivity contribution >= 4 is 5.97 Å². The third kappa shape index (κ3) is 3.37. The number of carboxylic acid groups (broad SMARTS) is 1. The monoisotopic (exact) mass is 248 g/mol. The Labute approximate surface area is 95.8 Å². The quantitative estimate of drug-likeness (QED) is 0.890. The second-order valence-electron chi connectivity index (χ2n) is 3.36. The van der Waals surface area contributed by atoms with Crippen molar-refractivity contribution in [3.05, 3.63) is 29.3 Å². The lowest BCUT2D eigenvalue weighted by molar-refractivity contribution is -0.137. The second kappa shape index (κ2) is 5.07. The van der Waals surface area contributed by atoms with E-state index in [9.17, 15) is 18.0 Å². The molecule has 0 aliphatic heterocycles. The first kappa shape index (κ1) is 13.3. The molecule has 1 aromatic rings. The normalized spacial score (nSPS) is 11.3. The lowest BCUT2D eigenvalue weighted by Crippen LogP contribution is -2.09. The van der Waals surface area contributed by atoms with Crippen LogP contribution < -0.4 is 4.74 Å². The smallest absolute Gasteiger partial charge is 0.416 e. The van der Waals surface area contributed by atoms with Crippen LogP contribution in [0.3, 0.4) is 0 Å². The van der Waals surface area contributed by atoms with Gasteiger partial charge in [0.25, 0.3) is 0 Å². The lowest BCUT2D eigenvalue weighted by Gasteiger charge is -2.12. The van der Waals surface area contributed by atoms with Crippen molar-refractivity contribution < 1.29 is 27.8 Å². The molecule has 0 saturated carbocycles. The first-order chi connectivity index (χ1) is 7.86. The minimum Gasteiger partial charge on any atom is -0.493 e. The SMILES string of the molecule is CCCOc1cc(C(F)(F)F)ccc1C(=O)O. The molecular formula is C11H11F3O3. The highest BCUT2D eigenvalue weighted by atomic mass is 19.4. The number of halogens is 3. The van der Waals surface area contributed by atoms with E-state index < -0.39 is 17.7 Å². The lowest BCUT2D eigenvalue weighted by atomic mass is 10.1. The highest BCUT2D eigenvalue weighted by molar-refractivity contribution is 5.91. The summed E-state index contributed by atoms with van der Waals surface area (Å²) in [6, 6.07) is 2.33. The summed E-state index contributed by atoms with van der Waals surface area (Å²) in [5.74, 6) is -1.57. The molecule has 3 nitrogen and oxygen atoms in total. The predicted molar refractivity (Wildman–Crippen MR) is 54.2 cm³/mol. The standard InChI is InChI=1S/C11H11F3O3/c1-2-5-17-9-6-7(11(12,13)14)3-4-8(9)10(15)16/h3-4,6H,2,5H2,1H3,(H,15,16). The van der Waals surface area contributed by atoms with Crippen LogP contribution in [0.5, 0.6) is 5.75 Å². The summed E-state index contributed by atoms with van der Waals surface area (Å²) in [7, 11) is 0. The van der Waals surface area contributed by atoms with Gasteiger partial charge in [-0.1, -0.05) is 6.92 Å². The molecule has 6 heteroatoms. The highest BCUT2D eigenvalue weighted by Gasteiger charge is 2.31. The van der Waals surface area contributed by atoms with Crippen molar-refractivity contribution in [1.82, 2.24) is 0 Å². The van der Waals surface area contributed by atoms with E-state index in [4.69, 9.17) is 9.84 Å². The van der Waals surface area contributed by atoms with Crippen molar-refractivity contribution in [2.45, 2.75) is 19.5 Å². The van der Waals surface area contributed by atoms with E-state index in [1.54, 1.807) is 6.92 Å². The minimum absolute atomic E-state index is 0.168. The minimum atomic E-state index is -4.51. The maximum Gasteiger partial charge on any atom is 0.416 e. The molecule has 0 unspecified atom stereocenters. The zero-order chi connectivity index (χ0) is 13.1. The molecule has 0 aliphatic rings. The summed E-state index contributed by atoms with van der Waals surface area (Å²) in [6.07, 6.45) is -3.93. The van der Waals surface area contributed by atoms with Gasteiger partial charge >= 0.3 is 12.1 Å². The third-order valence-corrected chi connectivity index (χ3v) is 2.00. The summed E-state index contributed by atoms with van der Waals surface area (Å²) in [5.41, 5.74) is -1.19. The van der Waals surface area contributed by atoms with Crippen molar-refractivity contribution in [3.8, 4) is 5.75 Å². The zero-order valence-electron chi connectivity index (χ0n) is 9.04. The molecule has 0 atom stereocenters. The van der Waals surface area contributed by atoms with Crippen LogP contribution in [0.4, 0.5) is 13.2 Å². The van der Waals surface area contributed by atoms with Crippen LogP contribution in [0.2, 0.25) is 0 Å². The summed E-state index contributed by atoms with van der Waals surface area (Å²) < 4.78 is 42.3. The number of ether oxygens (including phenoxy) is 1. The molecule has 94 valence electrons. The van der Waals surface area contributed by atoms with Crippen molar-refractivity contribution in [2.24, 2.45) is 0 Å². The third-order valence-electron chi connectivity index (χ3n) is 2.00. The molecule has 17 heavy (non-hydrogen) atoms. The molecule has 0 spiro atoms. The molecule has 0 saturated heterocycles. The largest absolute Gasteiger partial charge is 0.493 e. The van der Waals surface area contributed by atoms with Crippen LogP contribution in [0.15, 0.2) is 18.2 Å². The molecule has 0 fully saturated rings. The molecule has 1 N–H and O–H groups in total. The molecule has 0 aromatic heterocycles. The van der Waals surface area contributed by atoms with Gasteiger partial charge in [0.1, 0.15) is 11.3 Å². The van der Waals surface area contributed by atoms with Gasteiger partial charge in [0.2, 0.25) is 0 Å². The summed E-state index contributed by atoms with van der Waals surface area (Å²) in [6.45, 7) is 1.94. The molecule has 1 rings (SSSR count). The maximum atomic E-state index is 12.4. The summed E-state index contributed by atoms with van der Waals surface area (Å²) >= 11 is 0. The van der Waals surface area contributed by atoms with E-state index in [-0.39, 0.29) is 17.9 Å². The molecule has 0 heterocycles. The van der Waals surface area contributed by atoms with Gasteiger partial charge in [-0.2, -0.15) is 13.2 Å². The highest BCUT2D eigenvalue weighted by Crippen LogP contribution is 2.33. The topological polar surface area (TPSA) is 46.5 Å². The number of hydrogen-bond donors (Lipinski definition) is 1. The fourth-order valence-corrected chi connectivity index (χ4v) is 1.21. The zero-order valence-corrected chi connectivity index (χ0v) is 9.04. The fourth-order valence-electron chi connectivity index (χ4n) is 1.21. The van der Waals surface area contributed by atoms with Crippen LogP contribution >= 0.6 is 0 Å². The first-order valence-electron chi connectivity index (χ1n) is 4.93. The van der Waals surface area contributed by atoms with E-state index >= 15 is 0 Å². The van der Waals surface area contributed by atoms with Crippen LogP contribution in [0.25, 0.3) is 0 Å². The Morgan fingerprint density at radius 2 is 2.06 bits per heavy atom. The van der Waals surface area contributed by atoms with E-state index in [1.807, 2.05) is 0 Å². The van der Waals surface area contributed by atoms with E-state index in [0.717, 1.165) is 12.1 Å². The molecule has 0 radical (unpaired) electrons. The Kier molecular flexibility index (Phi) is 3.98. The van der Waals surface area contributed by atoms with Gasteiger partial charge in [-0.05, 0) is 24.6 Å². The molecule has 0 amide bonds. The number of hydrogen-bond acceptors (Lipinski definition) is 2. The Bertz CT molecular complexity index is 413. The number of carboxylic acids is 1. The van der Waals surface area contributed by atoms with Gasteiger partial charge in [0.15, 0.2) is 0 Å². The molecular weight excluding hydrogens is 237 g/mol. The Hall–Kier alpha value is -1.72. The van der Waals surface area contributed by atoms with Gasteiger partial charge in [-0.15, -0.1) is 0 Å². The number of benzene rings is 1. The van der Waals surface area contributed by atoms with Gasteiger partial charge in [-0.25, -0.2) is 4.79 Å². The van der Waals surface area contributed by atoms with Gasteiger partial charge in [-0.3, -0.25) is 0 Å². The predicted octanol–water partition coefficient (Wildman–Crippen LogP) is 3.19. The van der Waals surface area contributed by atoms with Crippen LogP contribution in [0.1, 0.15) is 29.3 Å².